The molecule has 24 heavy (non-hydrogen) atoms. The van der Waals surface area contributed by atoms with Crippen LogP contribution in [0.1, 0.15) is 31.3 Å². The fourth-order valence-electron chi connectivity index (χ4n) is 2.67. The van der Waals surface area contributed by atoms with Gasteiger partial charge < -0.3 is 0 Å². The molecule has 3 rings (SSSR count). The monoisotopic (exact) mass is 370 g/mol. The molecular formula is C19H22N2S2Si. The van der Waals surface area contributed by atoms with Gasteiger partial charge in [0.1, 0.15) is 0 Å². The Balaban J connectivity index is 1.85. The van der Waals surface area contributed by atoms with Crippen molar-refractivity contribution in [1.82, 2.24) is 9.59 Å². The van der Waals surface area contributed by atoms with Crippen molar-refractivity contribution >= 4 is 41.1 Å². The maximum atomic E-state index is 4.38. The quantitative estimate of drug-likeness (QED) is 0.642. The predicted octanol–water partition coefficient (Wildman–Crippen LogP) is 3.61. The van der Waals surface area contributed by atoms with E-state index < -0.39 is 7.95 Å². The number of rotatable bonds is 5. The molecule has 5 heteroatoms. The molecule has 0 radical (unpaired) electrons. The molecule has 0 saturated carbocycles. The summed E-state index contributed by atoms with van der Waals surface area (Å²) in [6, 6.07) is 21.9. The SMILES string of the molecule is CC(C)(C)c1nnsc1CS[SiH](c1ccccc1)c1ccccc1. The zero-order valence-electron chi connectivity index (χ0n) is 14.3. The van der Waals surface area contributed by atoms with Gasteiger partial charge in [-0.1, -0.05) is 85.9 Å². The van der Waals surface area contributed by atoms with Crippen LogP contribution in [-0.4, -0.2) is 17.5 Å². The Morgan fingerprint density at radius 3 is 1.96 bits per heavy atom. The minimum absolute atomic E-state index is 0.0550. The number of aromatic nitrogens is 2. The standard InChI is InChI=1S/C19H22N2S2Si/c1-19(2,3)18-17(23-21-20-18)14-22-24(15-10-6-4-7-11-15)16-12-8-5-9-13-16/h4-13,24H,14H2,1-3H3. The Kier molecular flexibility index (Phi) is 5.53. The number of benzene rings is 2. The van der Waals surface area contributed by atoms with Gasteiger partial charge in [-0.25, -0.2) is 0 Å². The minimum Gasteiger partial charge on any atom is -0.172 e. The van der Waals surface area contributed by atoms with E-state index in [1.807, 2.05) is 0 Å². The third-order valence-electron chi connectivity index (χ3n) is 3.85. The van der Waals surface area contributed by atoms with Gasteiger partial charge in [0, 0.05) is 11.2 Å². The van der Waals surface area contributed by atoms with Crippen molar-refractivity contribution in [2.45, 2.75) is 31.9 Å². The number of nitrogens with zero attached hydrogens (tertiary/aromatic N) is 2. The van der Waals surface area contributed by atoms with Gasteiger partial charge >= 0.3 is 0 Å². The van der Waals surface area contributed by atoms with Crippen LogP contribution < -0.4 is 10.4 Å². The maximum absolute atomic E-state index is 4.38. The van der Waals surface area contributed by atoms with E-state index in [-0.39, 0.29) is 5.41 Å². The lowest BCUT2D eigenvalue weighted by molar-refractivity contribution is 0.563. The zero-order chi connectivity index (χ0) is 17.0. The Bertz CT molecular complexity index is 727. The van der Waals surface area contributed by atoms with Crippen LogP contribution in [0.5, 0.6) is 0 Å². The minimum atomic E-state index is -1.30. The summed E-state index contributed by atoms with van der Waals surface area (Å²) in [7, 11) is -1.30. The molecule has 0 bridgehead atoms. The molecule has 124 valence electrons. The second-order valence-electron chi connectivity index (χ2n) is 6.81. The first-order valence-corrected chi connectivity index (χ1v) is 12.5. The fourth-order valence-corrected chi connectivity index (χ4v) is 9.57. The molecule has 1 aromatic heterocycles. The normalized spacial score (nSPS) is 11.8. The largest absolute Gasteiger partial charge is 0.172 e. The summed E-state index contributed by atoms with van der Waals surface area (Å²) in [5.41, 5.74) is 1.20. The number of hydrogen-bond acceptors (Lipinski definition) is 4. The van der Waals surface area contributed by atoms with Crippen LogP contribution in [0, 0.1) is 0 Å². The van der Waals surface area contributed by atoms with Gasteiger partial charge in [-0.15, -0.1) is 5.10 Å². The molecule has 1 heterocycles. The van der Waals surface area contributed by atoms with E-state index in [0.29, 0.717) is 0 Å². The highest BCUT2D eigenvalue weighted by Crippen LogP contribution is 2.29. The molecule has 3 aromatic rings. The molecule has 0 fully saturated rings. The topological polar surface area (TPSA) is 25.8 Å². The summed E-state index contributed by atoms with van der Waals surface area (Å²) < 4.78 is 4.21. The van der Waals surface area contributed by atoms with E-state index in [4.69, 9.17) is 0 Å². The molecule has 0 aliphatic heterocycles. The molecule has 2 aromatic carbocycles. The van der Waals surface area contributed by atoms with E-state index in [0.717, 1.165) is 11.4 Å². The average Bonchev–Trinajstić information content (AvgIpc) is 3.06. The second kappa shape index (κ2) is 7.63. The van der Waals surface area contributed by atoms with Crippen LogP contribution in [0.4, 0.5) is 0 Å². The van der Waals surface area contributed by atoms with Crippen LogP contribution in [0.25, 0.3) is 0 Å². The molecule has 0 atom stereocenters. The first-order chi connectivity index (χ1) is 11.6. The zero-order valence-corrected chi connectivity index (χ0v) is 17.1. The fraction of sp³-hybridized carbons (Fsp3) is 0.263. The van der Waals surface area contributed by atoms with E-state index >= 15 is 0 Å². The third kappa shape index (κ3) is 4.15. The lowest BCUT2D eigenvalue weighted by Crippen LogP contribution is -2.39. The molecule has 0 spiro atoms. The second-order valence-corrected chi connectivity index (χ2v) is 12.8. The average molecular weight is 371 g/mol. The van der Waals surface area contributed by atoms with Crippen molar-refractivity contribution in [3.8, 4) is 0 Å². The van der Waals surface area contributed by atoms with E-state index in [9.17, 15) is 0 Å². The van der Waals surface area contributed by atoms with E-state index in [1.54, 1.807) is 11.5 Å². The first-order valence-electron chi connectivity index (χ1n) is 8.09. The Morgan fingerprint density at radius 1 is 0.917 bits per heavy atom. The molecule has 0 N–H and O–H groups in total. The van der Waals surface area contributed by atoms with Crippen LogP contribution in [0.3, 0.4) is 0 Å². The van der Waals surface area contributed by atoms with Crippen molar-refractivity contribution in [3.05, 3.63) is 71.2 Å². The van der Waals surface area contributed by atoms with Gasteiger partial charge in [-0.2, -0.15) is 11.2 Å². The third-order valence-corrected chi connectivity index (χ3v) is 10.7. The Morgan fingerprint density at radius 2 is 1.46 bits per heavy atom. The van der Waals surface area contributed by atoms with Crippen molar-refractivity contribution < 1.29 is 0 Å². The summed E-state index contributed by atoms with van der Waals surface area (Å²) in [6.45, 7) is 6.63. The summed E-state index contributed by atoms with van der Waals surface area (Å²) >= 11 is 3.63. The van der Waals surface area contributed by atoms with Crippen molar-refractivity contribution in [1.29, 1.82) is 0 Å². The molecular weight excluding hydrogens is 348 g/mol. The maximum Gasteiger partial charge on any atom is 0.162 e. The molecule has 0 saturated heterocycles. The summed E-state index contributed by atoms with van der Waals surface area (Å²) in [4.78, 5) is 1.32. The summed E-state index contributed by atoms with van der Waals surface area (Å²) in [5.74, 6) is 0.991. The highest BCUT2D eigenvalue weighted by Gasteiger charge is 2.24. The lowest BCUT2D eigenvalue weighted by atomic mass is 9.92. The van der Waals surface area contributed by atoms with Crippen molar-refractivity contribution in [2.75, 3.05) is 0 Å². The predicted molar refractivity (Wildman–Crippen MR) is 109 cm³/mol. The van der Waals surface area contributed by atoms with Crippen LogP contribution in [-0.2, 0) is 11.2 Å². The van der Waals surface area contributed by atoms with Gasteiger partial charge in [0.2, 0.25) is 0 Å². The van der Waals surface area contributed by atoms with Crippen LogP contribution in [0.2, 0.25) is 0 Å². The lowest BCUT2D eigenvalue weighted by Gasteiger charge is -2.19. The smallest absolute Gasteiger partial charge is 0.162 e. The van der Waals surface area contributed by atoms with Gasteiger partial charge in [-0.05, 0) is 21.9 Å². The molecule has 2 nitrogen and oxygen atoms in total. The highest BCUT2D eigenvalue weighted by molar-refractivity contribution is 8.27. The molecule has 0 aliphatic carbocycles. The van der Waals surface area contributed by atoms with Crippen LogP contribution >= 0.6 is 22.7 Å². The van der Waals surface area contributed by atoms with Gasteiger partial charge in [0.25, 0.3) is 0 Å². The summed E-state index contributed by atoms with van der Waals surface area (Å²) in [6.07, 6.45) is 0. The highest BCUT2D eigenvalue weighted by atomic mass is 32.4. The van der Waals surface area contributed by atoms with Crippen LogP contribution in [0.15, 0.2) is 60.7 Å². The van der Waals surface area contributed by atoms with E-state index in [1.165, 1.54) is 15.3 Å². The molecule has 0 unspecified atom stereocenters. The Hall–Kier alpha value is -1.43. The van der Waals surface area contributed by atoms with Gasteiger partial charge in [0.05, 0.1) is 10.6 Å². The molecule has 0 aliphatic rings. The van der Waals surface area contributed by atoms with Gasteiger partial charge in [0.15, 0.2) is 7.95 Å². The van der Waals surface area contributed by atoms with Crippen molar-refractivity contribution in [2.24, 2.45) is 0 Å². The van der Waals surface area contributed by atoms with Gasteiger partial charge in [-0.3, -0.25) is 0 Å². The summed E-state index contributed by atoms with van der Waals surface area (Å²) in [5, 5.41) is 7.33. The molecule has 0 amide bonds. The van der Waals surface area contributed by atoms with Crippen molar-refractivity contribution in [3.63, 3.8) is 0 Å². The first kappa shape index (κ1) is 17.4. The number of hydrogen-bond donors (Lipinski definition) is 0. The van der Waals surface area contributed by atoms with E-state index in [2.05, 4.69) is 102 Å². The Labute approximate surface area is 153 Å².